The average molecular weight is 390 g/mol. The van der Waals surface area contributed by atoms with Crippen LogP contribution in [-0.2, 0) is 11.3 Å². The Kier molecular flexibility index (Phi) is 6.58. The van der Waals surface area contributed by atoms with Crippen molar-refractivity contribution in [2.24, 2.45) is 0 Å². The third-order valence-corrected chi connectivity index (χ3v) is 4.60. The van der Waals surface area contributed by atoms with Gasteiger partial charge in [-0.3, -0.25) is 4.79 Å². The molecule has 0 aliphatic heterocycles. The van der Waals surface area contributed by atoms with Gasteiger partial charge in [-0.25, -0.2) is 0 Å². The molecule has 1 atom stereocenters. The molecule has 0 spiro atoms. The van der Waals surface area contributed by atoms with Crippen molar-refractivity contribution in [1.29, 1.82) is 0 Å². The standard InChI is InChI=1S/C20H25BrN2O/c1-14(2)18-7-5-6-15(3)20(18)22-19(24)13-23(4)12-16-8-10-17(21)11-9-16/h5-11,14H,12-13H2,1-4H3,(H,22,24)/p+1. The molecule has 1 unspecified atom stereocenters. The van der Waals surface area contributed by atoms with E-state index in [-0.39, 0.29) is 5.91 Å². The number of aryl methyl sites for hydroxylation is 1. The van der Waals surface area contributed by atoms with E-state index in [4.69, 9.17) is 0 Å². The number of hydrogen-bond acceptors (Lipinski definition) is 1. The Morgan fingerprint density at radius 2 is 1.83 bits per heavy atom. The molecule has 2 aromatic carbocycles. The zero-order valence-electron chi connectivity index (χ0n) is 14.8. The first-order valence-corrected chi connectivity index (χ1v) is 9.11. The van der Waals surface area contributed by atoms with E-state index in [9.17, 15) is 4.79 Å². The molecule has 128 valence electrons. The Morgan fingerprint density at radius 3 is 2.46 bits per heavy atom. The number of anilines is 1. The zero-order chi connectivity index (χ0) is 17.7. The van der Waals surface area contributed by atoms with E-state index in [2.05, 4.69) is 53.3 Å². The highest BCUT2D eigenvalue weighted by Gasteiger charge is 2.15. The number of benzene rings is 2. The van der Waals surface area contributed by atoms with E-state index in [1.54, 1.807) is 0 Å². The summed E-state index contributed by atoms with van der Waals surface area (Å²) in [5.41, 5.74) is 4.49. The molecule has 0 aliphatic carbocycles. The van der Waals surface area contributed by atoms with Gasteiger partial charge in [0.05, 0.1) is 7.05 Å². The van der Waals surface area contributed by atoms with Gasteiger partial charge in [-0.2, -0.15) is 0 Å². The van der Waals surface area contributed by atoms with Crippen molar-refractivity contribution in [2.75, 3.05) is 18.9 Å². The van der Waals surface area contributed by atoms with Gasteiger partial charge in [0, 0.05) is 15.7 Å². The maximum absolute atomic E-state index is 12.5. The lowest BCUT2D eigenvalue weighted by Gasteiger charge is -2.18. The zero-order valence-corrected chi connectivity index (χ0v) is 16.4. The number of likely N-dealkylation sites (N-methyl/N-ethyl adjacent to an activating group) is 1. The van der Waals surface area contributed by atoms with E-state index >= 15 is 0 Å². The van der Waals surface area contributed by atoms with Crippen LogP contribution in [0.1, 0.15) is 36.5 Å². The Labute approximate surface area is 153 Å². The van der Waals surface area contributed by atoms with Crippen molar-refractivity contribution in [3.8, 4) is 0 Å². The maximum Gasteiger partial charge on any atom is 0.279 e. The van der Waals surface area contributed by atoms with Gasteiger partial charge in [-0.15, -0.1) is 0 Å². The number of carbonyl (C=O) groups is 1. The molecule has 2 N–H and O–H groups in total. The number of para-hydroxylation sites is 1. The number of quaternary nitrogens is 1. The Hall–Kier alpha value is -1.65. The molecule has 0 radical (unpaired) electrons. The summed E-state index contributed by atoms with van der Waals surface area (Å²) in [7, 11) is 2.04. The van der Waals surface area contributed by atoms with Crippen LogP contribution in [0.3, 0.4) is 0 Å². The predicted octanol–water partition coefficient (Wildman–Crippen LogP) is 3.53. The van der Waals surface area contributed by atoms with E-state index in [1.807, 2.05) is 38.2 Å². The van der Waals surface area contributed by atoms with Crippen LogP contribution in [-0.4, -0.2) is 19.5 Å². The van der Waals surface area contributed by atoms with Crippen LogP contribution in [0.25, 0.3) is 0 Å². The molecular formula is C20H26BrN2O+. The first-order chi connectivity index (χ1) is 11.4. The molecule has 4 heteroatoms. The minimum Gasteiger partial charge on any atom is -0.326 e. The lowest BCUT2D eigenvalue weighted by Crippen LogP contribution is -3.08. The van der Waals surface area contributed by atoms with Crippen molar-refractivity contribution in [1.82, 2.24) is 0 Å². The molecule has 0 fully saturated rings. The van der Waals surface area contributed by atoms with Gasteiger partial charge in [0.25, 0.3) is 5.91 Å². The minimum atomic E-state index is 0.0563. The third kappa shape index (κ3) is 5.18. The fraction of sp³-hybridized carbons (Fsp3) is 0.350. The molecular weight excluding hydrogens is 364 g/mol. The minimum absolute atomic E-state index is 0.0563. The Morgan fingerprint density at radius 1 is 1.17 bits per heavy atom. The molecule has 2 rings (SSSR count). The smallest absolute Gasteiger partial charge is 0.279 e. The molecule has 24 heavy (non-hydrogen) atoms. The number of rotatable bonds is 6. The number of hydrogen-bond donors (Lipinski definition) is 2. The molecule has 2 aromatic rings. The fourth-order valence-corrected chi connectivity index (χ4v) is 3.08. The summed E-state index contributed by atoms with van der Waals surface area (Å²) in [5.74, 6) is 0.439. The number of carbonyl (C=O) groups excluding carboxylic acids is 1. The lowest BCUT2D eigenvalue weighted by molar-refractivity contribution is -0.885. The molecule has 0 bridgehead atoms. The summed E-state index contributed by atoms with van der Waals surface area (Å²) in [6, 6.07) is 14.4. The van der Waals surface area contributed by atoms with Gasteiger partial charge < -0.3 is 10.2 Å². The highest BCUT2D eigenvalue weighted by atomic mass is 79.9. The Bertz CT molecular complexity index is 695. The molecule has 0 aliphatic rings. The second-order valence-corrected chi connectivity index (χ2v) is 7.59. The second kappa shape index (κ2) is 8.45. The van der Waals surface area contributed by atoms with Gasteiger partial charge >= 0.3 is 0 Å². The van der Waals surface area contributed by atoms with Gasteiger partial charge in [-0.05, 0) is 36.1 Å². The summed E-state index contributed by atoms with van der Waals surface area (Å²) in [6.45, 7) is 7.61. The lowest BCUT2D eigenvalue weighted by atomic mass is 9.98. The van der Waals surface area contributed by atoms with Crippen molar-refractivity contribution < 1.29 is 9.69 Å². The van der Waals surface area contributed by atoms with Crippen molar-refractivity contribution in [3.05, 3.63) is 63.6 Å². The highest BCUT2D eigenvalue weighted by Crippen LogP contribution is 2.27. The Balaban J connectivity index is 1.99. The van der Waals surface area contributed by atoms with Crippen molar-refractivity contribution in [2.45, 2.75) is 33.2 Å². The molecule has 0 heterocycles. The van der Waals surface area contributed by atoms with Crippen LogP contribution >= 0.6 is 15.9 Å². The summed E-state index contributed by atoms with van der Waals surface area (Å²) in [5, 5.41) is 3.12. The van der Waals surface area contributed by atoms with Gasteiger partial charge in [0.2, 0.25) is 0 Å². The quantitative estimate of drug-likeness (QED) is 0.778. The normalized spacial score (nSPS) is 12.2. The molecule has 0 saturated heterocycles. The molecule has 3 nitrogen and oxygen atoms in total. The average Bonchev–Trinajstić information content (AvgIpc) is 2.51. The largest absolute Gasteiger partial charge is 0.326 e. The first kappa shape index (κ1) is 18.7. The van der Waals surface area contributed by atoms with E-state index in [0.717, 1.165) is 27.2 Å². The maximum atomic E-state index is 12.5. The summed E-state index contributed by atoms with van der Waals surface area (Å²) >= 11 is 3.44. The fourth-order valence-electron chi connectivity index (χ4n) is 2.81. The summed E-state index contributed by atoms with van der Waals surface area (Å²) in [4.78, 5) is 13.6. The number of amides is 1. The van der Waals surface area contributed by atoms with Crippen LogP contribution < -0.4 is 10.2 Å². The van der Waals surface area contributed by atoms with E-state index in [1.165, 1.54) is 11.1 Å². The molecule has 0 aromatic heterocycles. The number of halogens is 1. The SMILES string of the molecule is Cc1cccc(C(C)C)c1NC(=O)C[NH+](C)Cc1ccc(Br)cc1. The van der Waals surface area contributed by atoms with Crippen LogP contribution in [0, 0.1) is 6.92 Å². The molecule has 0 saturated carbocycles. The van der Waals surface area contributed by atoms with Crippen molar-refractivity contribution >= 4 is 27.5 Å². The van der Waals surface area contributed by atoms with Crippen LogP contribution in [0.4, 0.5) is 5.69 Å². The van der Waals surface area contributed by atoms with E-state index in [0.29, 0.717) is 12.5 Å². The van der Waals surface area contributed by atoms with Crippen LogP contribution in [0.2, 0.25) is 0 Å². The van der Waals surface area contributed by atoms with Gasteiger partial charge in [0.15, 0.2) is 6.54 Å². The molecule has 1 amide bonds. The predicted molar refractivity (Wildman–Crippen MR) is 103 cm³/mol. The van der Waals surface area contributed by atoms with Gasteiger partial charge in [-0.1, -0.05) is 60.1 Å². The van der Waals surface area contributed by atoms with Gasteiger partial charge in [0.1, 0.15) is 6.54 Å². The summed E-state index contributed by atoms with van der Waals surface area (Å²) < 4.78 is 1.07. The number of nitrogens with one attached hydrogen (secondary N) is 2. The second-order valence-electron chi connectivity index (χ2n) is 6.68. The van der Waals surface area contributed by atoms with E-state index < -0.39 is 0 Å². The van der Waals surface area contributed by atoms with Crippen LogP contribution in [0.5, 0.6) is 0 Å². The third-order valence-electron chi connectivity index (χ3n) is 4.07. The highest BCUT2D eigenvalue weighted by molar-refractivity contribution is 9.10. The van der Waals surface area contributed by atoms with Crippen LogP contribution in [0.15, 0.2) is 46.9 Å². The summed E-state index contributed by atoms with van der Waals surface area (Å²) in [6.07, 6.45) is 0. The monoisotopic (exact) mass is 389 g/mol. The van der Waals surface area contributed by atoms with Crippen molar-refractivity contribution in [3.63, 3.8) is 0 Å². The first-order valence-electron chi connectivity index (χ1n) is 8.32. The topological polar surface area (TPSA) is 33.5 Å².